The zero-order valence-corrected chi connectivity index (χ0v) is 8.01. The minimum Gasteiger partial charge on any atom is -0.513 e. The molecule has 0 amide bonds. The smallest absolute Gasteiger partial charge is 0.0880 e. The van der Waals surface area contributed by atoms with Gasteiger partial charge >= 0.3 is 0 Å². The van der Waals surface area contributed by atoms with Gasteiger partial charge in [0.2, 0.25) is 0 Å². The van der Waals surface area contributed by atoms with Gasteiger partial charge in [-0.15, -0.1) is 13.2 Å². The summed E-state index contributed by atoms with van der Waals surface area (Å²) in [4.78, 5) is 0. The molecule has 0 heterocycles. The van der Waals surface area contributed by atoms with E-state index in [1.807, 2.05) is 19.1 Å². The summed E-state index contributed by atoms with van der Waals surface area (Å²) < 4.78 is 0. The second-order valence-electron chi connectivity index (χ2n) is 3.19. The van der Waals surface area contributed by atoms with E-state index in [0.717, 1.165) is 6.42 Å². The van der Waals surface area contributed by atoms with Crippen molar-refractivity contribution in [1.29, 1.82) is 0 Å². The quantitative estimate of drug-likeness (QED) is 0.488. The lowest BCUT2D eigenvalue weighted by Gasteiger charge is -2.20. The minimum absolute atomic E-state index is 0.0585. The molecule has 0 atom stereocenters. The van der Waals surface area contributed by atoms with E-state index in [-0.39, 0.29) is 5.41 Å². The molecule has 0 saturated heterocycles. The molecule has 0 rings (SSSR count). The Bertz CT molecular complexity index is 181. The molecule has 0 aromatic heterocycles. The van der Waals surface area contributed by atoms with Gasteiger partial charge in [0.15, 0.2) is 0 Å². The van der Waals surface area contributed by atoms with Crippen LogP contribution in [0.5, 0.6) is 0 Å². The second kappa shape index (κ2) is 4.81. The van der Waals surface area contributed by atoms with Gasteiger partial charge in [-0.25, -0.2) is 0 Å². The largest absolute Gasteiger partial charge is 0.513 e. The van der Waals surface area contributed by atoms with Gasteiger partial charge in [-0.3, -0.25) is 0 Å². The molecule has 0 spiro atoms. The topological polar surface area (TPSA) is 20.2 Å². The van der Waals surface area contributed by atoms with Crippen LogP contribution in [0.3, 0.4) is 0 Å². The first kappa shape index (κ1) is 11.0. The number of hydrogen-bond acceptors (Lipinski definition) is 1. The van der Waals surface area contributed by atoms with Gasteiger partial charge in [0, 0.05) is 11.8 Å². The Morgan fingerprint density at radius 2 is 1.92 bits per heavy atom. The van der Waals surface area contributed by atoms with E-state index in [0.29, 0.717) is 12.2 Å². The monoisotopic (exact) mass is 166 g/mol. The van der Waals surface area contributed by atoms with Crippen LogP contribution in [0.2, 0.25) is 0 Å². The standard InChI is InChI=1S/C11H18O/c1-5-10(12)8-9-11(4,6-2)7-3/h5-7,12H,2-3,8-9H2,1,4H3/b10-5-. The first-order valence-electron chi connectivity index (χ1n) is 4.19. The van der Waals surface area contributed by atoms with Gasteiger partial charge in [-0.05, 0) is 19.4 Å². The fourth-order valence-electron chi connectivity index (χ4n) is 0.829. The van der Waals surface area contributed by atoms with Crippen LogP contribution in [-0.4, -0.2) is 5.11 Å². The molecule has 0 unspecified atom stereocenters. The zero-order valence-electron chi connectivity index (χ0n) is 8.01. The highest BCUT2D eigenvalue weighted by atomic mass is 16.3. The van der Waals surface area contributed by atoms with Crippen molar-refractivity contribution < 1.29 is 5.11 Å². The van der Waals surface area contributed by atoms with E-state index < -0.39 is 0 Å². The highest BCUT2D eigenvalue weighted by Crippen LogP contribution is 2.26. The highest BCUT2D eigenvalue weighted by molar-refractivity contribution is 5.05. The minimum atomic E-state index is -0.0585. The van der Waals surface area contributed by atoms with E-state index in [9.17, 15) is 5.11 Å². The summed E-state index contributed by atoms with van der Waals surface area (Å²) in [7, 11) is 0. The Morgan fingerprint density at radius 1 is 1.42 bits per heavy atom. The summed E-state index contributed by atoms with van der Waals surface area (Å²) >= 11 is 0. The number of aliphatic hydroxyl groups excluding tert-OH is 1. The third-order valence-electron chi connectivity index (χ3n) is 2.19. The van der Waals surface area contributed by atoms with Crippen molar-refractivity contribution in [3.63, 3.8) is 0 Å². The summed E-state index contributed by atoms with van der Waals surface area (Å²) in [5.74, 6) is 0.435. The maximum absolute atomic E-state index is 9.20. The molecule has 0 radical (unpaired) electrons. The molecular formula is C11H18O. The first-order valence-corrected chi connectivity index (χ1v) is 4.19. The van der Waals surface area contributed by atoms with E-state index >= 15 is 0 Å². The van der Waals surface area contributed by atoms with Crippen LogP contribution in [-0.2, 0) is 0 Å². The van der Waals surface area contributed by atoms with Crippen molar-refractivity contribution in [1.82, 2.24) is 0 Å². The van der Waals surface area contributed by atoms with Crippen LogP contribution in [0, 0.1) is 5.41 Å². The fraction of sp³-hybridized carbons (Fsp3) is 0.455. The number of aliphatic hydroxyl groups is 1. The van der Waals surface area contributed by atoms with Crippen LogP contribution < -0.4 is 0 Å². The molecule has 1 nitrogen and oxygen atoms in total. The van der Waals surface area contributed by atoms with Gasteiger partial charge in [0.1, 0.15) is 0 Å². The molecule has 0 bridgehead atoms. The molecule has 0 fully saturated rings. The molecule has 68 valence electrons. The fourth-order valence-corrected chi connectivity index (χ4v) is 0.829. The van der Waals surface area contributed by atoms with Crippen molar-refractivity contribution in [2.45, 2.75) is 26.7 Å². The third kappa shape index (κ3) is 3.42. The van der Waals surface area contributed by atoms with Crippen LogP contribution in [0.4, 0.5) is 0 Å². The number of hydrogen-bond donors (Lipinski definition) is 1. The van der Waals surface area contributed by atoms with Crippen molar-refractivity contribution >= 4 is 0 Å². The lowest BCUT2D eigenvalue weighted by molar-refractivity contribution is 0.359. The summed E-state index contributed by atoms with van der Waals surface area (Å²) in [6.07, 6.45) is 6.99. The van der Waals surface area contributed by atoms with E-state index in [2.05, 4.69) is 20.1 Å². The predicted octanol–water partition coefficient (Wildman–Crippen LogP) is 3.61. The average Bonchev–Trinajstić information content (AvgIpc) is 2.13. The molecule has 0 aliphatic carbocycles. The first-order chi connectivity index (χ1) is 5.58. The molecule has 1 heteroatoms. The van der Waals surface area contributed by atoms with E-state index in [1.165, 1.54) is 0 Å². The van der Waals surface area contributed by atoms with Gasteiger partial charge in [0.05, 0.1) is 5.76 Å². The number of rotatable bonds is 5. The lowest BCUT2D eigenvalue weighted by Crippen LogP contribution is -2.08. The van der Waals surface area contributed by atoms with Gasteiger partial charge in [-0.1, -0.05) is 19.1 Å². The van der Waals surface area contributed by atoms with Crippen molar-refractivity contribution in [3.8, 4) is 0 Å². The molecule has 0 aromatic rings. The van der Waals surface area contributed by atoms with Gasteiger partial charge in [-0.2, -0.15) is 0 Å². The Morgan fingerprint density at radius 3 is 2.25 bits per heavy atom. The summed E-state index contributed by atoms with van der Waals surface area (Å²) in [6.45, 7) is 11.3. The normalized spacial score (nSPS) is 12.7. The van der Waals surface area contributed by atoms with Crippen LogP contribution in [0.15, 0.2) is 37.1 Å². The average molecular weight is 166 g/mol. The summed E-state index contributed by atoms with van der Waals surface area (Å²) in [6, 6.07) is 0. The molecule has 1 N–H and O–H groups in total. The van der Waals surface area contributed by atoms with Gasteiger partial charge in [0.25, 0.3) is 0 Å². The molecule has 0 aliphatic rings. The maximum Gasteiger partial charge on any atom is 0.0880 e. The molecule has 0 aromatic carbocycles. The van der Waals surface area contributed by atoms with Crippen molar-refractivity contribution in [2.24, 2.45) is 5.41 Å². The predicted molar refractivity (Wildman–Crippen MR) is 54.1 cm³/mol. The maximum atomic E-state index is 9.20. The third-order valence-corrected chi connectivity index (χ3v) is 2.19. The highest BCUT2D eigenvalue weighted by Gasteiger charge is 2.15. The summed E-state index contributed by atoms with van der Waals surface area (Å²) in [5, 5.41) is 9.20. The zero-order chi connectivity index (χ0) is 9.61. The Labute approximate surface area is 75.1 Å². The number of allylic oxidation sites excluding steroid dienone is 4. The van der Waals surface area contributed by atoms with E-state index in [1.54, 1.807) is 6.08 Å². The molecule has 0 saturated carbocycles. The SMILES string of the molecule is C=CC(C)(C=C)CC/C(O)=C/C. The lowest BCUT2D eigenvalue weighted by atomic mass is 9.85. The molecule has 0 aliphatic heterocycles. The van der Waals surface area contributed by atoms with Crippen LogP contribution in [0.25, 0.3) is 0 Å². The Hall–Kier alpha value is -0.980. The summed E-state index contributed by atoms with van der Waals surface area (Å²) in [5.41, 5.74) is -0.0585. The van der Waals surface area contributed by atoms with Crippen molar-refractivity contribution in [2.75, 3.05) is 0 Å². The van der Waals surface area contributed by atoms with Crippen LogP contribution in [0.1, 0.15) is 26.7 Å². The van der Waals surface area contributed by atoms with E-state index in [4.69, 9.17) is 0 Å². The molecule has 12 heavy (non-hydrogen) atoms. The second-order valence-corrected chi connectivity index (χ2v) is 3.19. The van der Waals surface area contributed by atoms with Gasteiger partial charge < -0.3 is 5.11 Å². The van der Waals surface area contributed by atoms with Crippen LogP contribution >= 0.6 is 0 Å². The Kier molecular flexibility index (Phi) is 4.42. The Balaban J connectivity index is 4.06. The molecular weight excluding hydrogens is 148 g/mol. The van der Waals surface area contributed by atoms with Crippen molar-refractivity contribution in [3.05, 3.63) is 37.1 Å².